The molecule has 0 aromatic heterocycles. The number of hydrogen-bond donors (Lipinski definition) is 2. The first-order valence-corrected chi connectivity index (χ1v) is 5.29. The van der Waals surface area contributed by atoms with Crippen LogP contribution in [0.2, 0.25) is 0 Å². The van der Waals surface area contributed by atoms with Gasteiger partial charge >= 0.3 is 5.97 Å². The van der Waals surface area contributed by atoms with Crippen molar-refractivity contribution in [2.45, 2.75) is 26.7 Å². The Kier molecular flexibility index (Phi) is 7.62. The van der Waals surface area contributed by atoms with Crippen LogP contribution in [0.4, 0.5) is 0 Å². The van der Waals surface area contributed by atoms with Crippen LogP contribution in [0.25, 0.3) is 0 Å². The molecule has 0 aromatic carbocycles. The Morgan fingerprint density at radius 1 is 1.40 bits per heavy atom. The lowest BCUT2D eigenvalue weighted by molar-refractivity contribution is -0.143. The largest absolute Gasteiger partial charge is 0.465 e. The lowest BCUT2D eigenvalue weighted by Gasteiger charge is -2.13. The van der Waals surface area contributed by atoms with Crippen molar-refractivity contribution in [3.05, 3.63) is 0 Å². The molecule has 15 heavy (non-hydrogen) atoms. The number of amides is 1. The Balaban J connectivity index is 3.84. The van der Waals surface area contributed by atoms with E-state index in [1.165, 1.54) is 0 Å². The first-order valence-electron chi connectivity index (χ1n) is 5.29. The third-order valence-corrected chi connectivity index (χ3v) is 2.00. The summed E-state index contributed by atoms with van der Waals surface area (Å²) in [6.07, 6.45) is 1.64. The number of nitrogens with two attached hydrogens (primary N) is 1. The number of carbonyl (C=O) groups is 2. The highest BCUT2D eigenvalue weighted by molar-refractivity contribution is 5.83. The third kappa shape index (κ3) is 6.06. The van der Waals surface area contributed by atoms with Crippen LogP contribution in [0.15, 0.2) is 0 Å². The van der Waals surface area contributed by atoms with Crippen LogP contribution in [-0.4, -0.2) is 31.6 Å². The van der Waals surface area contributed by atoms with E-state index < -0.39 is 5.97 Å². The molecule has 0 aliphatic heterocycles. The van der Waals surface area contributed by atoms with Gasteiger partial charge in [0, 0.05) is 6.54 Å². The maximum absolute atomic E-state index is 11.5. The highest BCUT2D eigenvalue weighted by Crippen LogP contribution is 2.03. The van der Waals surface area contributed by atoms with Gasteiger partial charge in [-0.1, -0.05) is 13.3 Å². The zero-order valence-electron chi connectivity index (χ0n) is 9.41. The summed E-state index contributed by atoms with van der Waals surface area (Å²) >= 11 is 0. The fraction of sp³-hybridized carbons (Fsp3) is 0.800. The standard InChI is InChI=1S/C10H20N2O3/c1-3-5-8(6-11)10(14)12-7-9(13)15-4-2/h8H,3-7,11H2,1-2H3,(H,12,14). The monoisotopic (exact) mass is 216 g/mol. The minimum atomic E-state index is -0.418. The Morgan fingerprint density at radius 2 is 2.07 bits per heavy atom. The Morgan fingerprint density at radius 3 is 2.53 bits per heavy atom. The minimum Gasteiger partial charge on any atom is -0.465 e. The number of nitrogens with one attached hydrogen (secondary N) is 1. The molecular weight excluding hydrogens is 196 g/mol. The predicted octanol–water partition coefficient (Wildman–Crippen LogP) is 0.0407. The van der Waals surface area contributed by atoms with Gasteiger partial charge in [0.1, 0.15) is 6.54 Å². The number of hydrogen-bond acceptors (Lipinski definition) is 4. The normalized spacial score (nSPS) is 11.9. The molecule has 5 nitrogen and oxygen atoms in total. The van der Waals surface area contributed by atoms with E-state index in [4.69, 9.17) is 5.73 Å². The van der Waals surface area contributed by atoms with Gasteiger partial charge in [-0.3, -0.25) is 9.59 Å². The summed E-state index contributed by atoms with van der Waals surface area (Å²) in [5, 5.41) is 2.51. The van der Waals surface area contributed by atoms with Gasteiger partial charge in [0.05, 0.1) is 12.5 Å². The fourth-order valence-corrected chi connectivity index (χ4v) is 1.22. The molecular formula is C10H20N2O3. The molecule has 0 radical (unpaired) electrons. The molecule has 0 saturated carbocycles. The van der Waals surface area contributed by atoms with Crippen LogP contribution in [-0.2, 0) is 14.3 Å². The molecule has 0 saturated heterocycles. The second-order valence-corrected chi connectivity index (χ2v) is 3.24. The first-order chi connectivity index (χ1) is 7.15. The van der Waals surface area contributed by atoms with E-state index in [2.05, 4.69) is 10.1 Å². The van der Waals surface area contributed by atoms with Crippen LogP contribution in [0.1, 0.15) is 26.7 Å². The van der Waals surface area contributed by atoms with Crippen LogP contribution in [0.3, 0.4) is 0 Å². The van der Waals surface area contributed by atoms with Gasteiger partial charge in [-0.15, -0.1) is 0 Å². The Bertz CT molecular complexity index is 207. The Hall–Kier alpha value is -1.10. The van der Waals surface area contributed by atoms with Gasteiger partial charge < -0.3 is 15.8 Å². The van der Waals surface area contributed by atoms with Gasteiger partial charge in [-0.2, -0.15) is 0 Å². The van der Waals surface area contributed by atoms with Crippen LogP contribution >= 0.6 is 0 Å². The molecule has 0 spiro atoms. The first kappa shape index (κ1) is 13.9. The van der Waals surface area contributed by atoms with Gasteiger partial charge in [-0.05, 0) is 13.3 Å². The Labute approximate surface area is 90.4 Å². The predicted molar refractivity (Wildman–Crippen MR) is 57.1 cm³/mol. The van der Waals surface area contributed by atoms with Crippen molar-refractivity contribution in [2.75, 3.05) is 19.7 Å². The SMILES string of the molecule is CCCC(CN)C(=O)NCC(=O)OCC. The van der Waals surface area contributed by atoms with Crippen LogP contribution < -0.4 is 11.1 Å². The van der Waals surface area contributed by atoms with Crippen molar-refractivity contribution in [3.63, 3.8) is 0 Å². The average Bonchev–Trinajstić information content (AvgIpc) is 2.23. The average molecular weight is 216 g/mol. The van der Waals surface area contributed by atoms with Crippen molar-refractivity contribution < 1.29 is 14.3 Å². The maximum atomic E-state index is 11.5. The summed E-state index contributed by atoms with van der Waals surface area (Å²) in [5.41, 5.74) is 5.45. The molecule has 1 atom stereocenters. The summed E-state index contributed by atoms with van der Waals surface area (Å²) in [7, 11) is 0. The van der Waals surface area contributed by atoms with E-state index in [1.807, 2.05) is 6.92 Å². The number of ether oxygens (including phenoxy) is 1. The summed E-state index contributed by atoms with van der Waals surface area (Å²) < 4.78 is 4.68. The molecule has 0 aromatic rings. The molecule has 0 heterocycles. The van der Waals surface area contributed by atoms with E-state index >= 15 is 0 Å². The summed E-state index contributed by atoms with van der Waals surface area (Å²) in [6.45, 7) is 4.26. The lowest BCUT2D eigenvalue weighted by atomic mass is 10.0. The molecule has 3 N–H and O–H groups in total. The molecule has 0 aliphatic carbocycles. The smallest absolute Gasteiger partial charge is 0.325 e. The molecule has 0 rings (SSSR count). The van der Waals surface area contributed by atoms with Crippen LogP contribution in [0.5, 0.6) is 0 Å². The van der Waals surface area contributed by atoms with Gasteiger partial charge in [0.15, 0.2) is 0 Å². The van der Waals surface area contributed by atoms with Crippen molar-refractivity contribution in [3.8, 4) is 0 Å². The van der Waals surface area contributed by atoms with E-state index in [-0.39, 0.29) is 18.4 Å². The second kappa shape index (κ2) is 8.23. The fourth-order valence-electron chi connectivity index (χ4n) is 1.22. The summed E-state index contributed by atoms with van der Waals surface area (Å²) in [4.78, 5) is 22.4. The number of rotatable bonds is 7. The van der Waals surface area contributed by atoms with Crippen molar-refractivity contribution >= 4 is 11.9 Å². The summed E-state index contributed by atoms with van der Waals surface area (Å²) in [5.74, 6) is -0.796. The van der Waals surface area contributed by atoms with E-state index in [1.54, 1.807) is 6.92 Å². The molecule has 5 heteroatoms. The second-order valence-electron chi connectivity index (χ2n) is 3.24. The van der Waals surface area contributed by atoms with Gasteiger partial charge in [0.25, 0.3) is 0 Å². The van der Waals surface area contributed by atoms with E-state index in [9.17, 15) is 9.59 Å². The molecule has 0 aliphatic rings. The zero-order valence-corrected chi connectivity index (χ0v) is 9.41. The quantitative estimate of drug-likeness (QED) is 0.589. The van der Waals surface area contributed by atoms with E-state index in [0.29, 0.717) is 13.2 Å². The van der Waals surface area contributed by atoms with Crippen molar-refractivity contribution in [1.82, 2.24) is 5.32 Å². The van der Waals surface area contributed by atoms with Crippen molar-refractivity contribution in [2.24, 2.45) is 11.7 Å². The van der Waals surface area contributed by atoms with Gasteiger partial charge in [-0.25, -0.2) is 0 Å². The maximum Gasteiger partial charge on any atom is 0.325 e. The molecule has 0 fully saturated rings. The zero-order chi connectivity index (χ0) is 11.7. The van der Waals surface area contributed by atoms with Crippen molar-refractivity contribution in [1.29, 1.82) is 0 Å². The topological polar surface area (TPSA) is 81.4 Å². The third-order valence-electron chi connectivity index (χ3n) is 2.00. The van der Waals surface area contributed by atoms with Crippen LogP contribution in [0, 0.1) is 5.92 Å². The molecule has 1 unspecified atom stereocenters. The summed E-state index contributed by atoms with van der Waals surface area (Å²) in [6, 6.07) is 0. The highest BCUT2D eigenvalue weighted by Gasteiger charge is 2.16. The van der Waals surface area contributed by atoms with Gasteiger partial charge in [0.2, 0.25) is 5.91 Å². The highest BCUT2D eigenvalue weighted by atomic mass is 16.5. The molecule has 0 bridgehead atoms. The lowest BCUT2D eigenvalue weighted by Crippen LogP contribution is -2.38. The number of esters is 1. The number of carbonyl (C=O) groups excluding carboxylic acids is 2. The minimum absolute atomic E-state index is 0.0765. The molecule has 88 valence electrons. The van der Waals surface area contributed by atoms with E-state index in [0.717, 1.165) is 12.8 Å². The molecule has 1 amide bonds.